The molecule has 0 saturated heterocycles. The molecule has 0 spiro atoms. The summed E-state index contributed by atoms with van der Waals surface area (Å²) in [6.07, 6.45) is 3.28. The van der Waals surface area contributed by atoms with Crippen molar-refractivity contribution in [3.05, 3.63) is 0 Å². The van der Waals surface area contributed by atoms with Crippen LogP contribution in [0.3, 0.4) is 0 Å². The average molecular weight is 314 g/mol. The van der Waals surface area contributed by atoms with Gasteiger partial charge in [0.1, 0.15) is 6.61 Å². The van der Waals surface area contributed by atoms with E-state index in [0.717, 1.165) is 19.5 Å². The number of hydrogen-bond acceptors (Lipinski definition) is 3. The molecule has 1 unspecified atom stereocenters. The molecule has 0 aliphatic heterocycles. The van der Waals surface area contributed by atoms with Crippen LogP contribution >= 0.6 is 0 Å². The third kappa shape index (κ3) is 7.13. The van der Waals surface area contributed by atoms with Gasteiger partial charge >= 0.3 is 5.97 Å². The number of unbranched alkanes of at least 4 members (excludes halogenated alkanes) is 1. The summed E-state index contributed by atoms with van der Waals surface area (Å²) in [6.45, 7) is 19.6. The van der Waals surface area contributed by atoms with E-state index in [1.807, 2.05) is 0 Å². The Labute approximate surface area is 138 Å². The largest absolute Gasteiger partial charge is 0.464 e. The first-order chi connectivity index (χ1) is 10.1. The van der Waals surface area contributed by atoms with Crippen molar-refractivity contribution < 1.29 is 9.53 Å². The normalized spacial score (nSPS) is 14.9. The smallest absolute Gasteiger partial charge is 0.312 e. The lowest BCUT2D eigenvalue weighted by atomic mass is 9.73. The van der Waals surface area contributed by atoms with Crippen LogP contribution in [-0.4, -0.2) is 36.6 Å². The maximum atomic E-state index is 12.6. The molecule has 0 aromatic rings. The summed E-state index contributed by atoms with van der Waals surface area (Å²) >= 11 is 0. The third-order valence-electron chi connectivity index (χ3n) is 4.71. The molecule has 0 aliphatic rings. The lowest BCUT2D eigenvalue weighted by Crippen LogP contribution is -2.39. The highest BCUT2D eigenvalue weighted by molar-refractivity contribution is 5.76. The van der Waals surface area contributed by atoms with E-state index in [1.54, 1.807) is 0 Å². The van der Waals surface area contributed by atoms with Crippen LogP contribution in [0.15, 0.2) is 0 Å². The Morgan fingerprint density at radius 3 is 2.09 bits per heavy atom. The highest BCUT2D eigenvalue weighted by Gasteiger charge is 2.38. The van der Waals surface area contributed by atoms with Gasteiger partial charge in [-0.25, -0.2) is 0 Å². The molecule has 0 aliphatic carbocycles. The quantitative estimate of drug-likeness (QED) is 0.516. The predicted octanol–water partition coefficient (Wildman–Crippen LogP) is 4.75. The van der Waals surface area contributed by atoms with Crippen molar-refractivity contribution in [2.45, 2.75) is 80.7 Å². The van der Waals surface area contributed by atoms with E-state index < -0.39 is 0 Å². The lowest BCUT2D eigenvalue weighted by molar-refractivity contribution is -0.159. The third-order valence-corrected chi connectivity index (χ3v) is 4.71. The molecule has 0 fully saturated rings. The maximum Gasteiger partial charge on any atom is 0.312 e. The van der Waals surface area contributed by atoms with E-state index in [-0.39, 0.29) is 11.4 Å². The van der Waals surface area contributed by atoms with Crippen molar-refractivity contribution >= 4 is 5.97 Å². The van der Waals surface area contributed by atoms with E-state index in [0.29, 0.717) is 24.5 Å². The number of carbonyl (C=O) groups is 1. The van der Waals surface area contributed by atoms with Gasteiger partial charge in [0.2, 0.25) is 0 Å². The Morgan fingerprint density at radius 2 is 1.68 bits per heavy atom. The first kappa shape index (κ1) is 21.4. The second-order valence-corrected chi connectivity index (χ2v) is 7.79. The molecule has 0 amide bonds. The Bertz CT molecular complexity index is 313. The van der Waals surface area contributed by atoms with Gasteiger partial charge in [0, 0.05) is 12.6 Å². The molecule has 132 valence electrons. The van der Waals surface area contributed by atoms with E-state index in [1.165, 1.54) is 12.8 Å². The van der Waals surface area contributed by atoms with E-state index in [4.69, 9.17) is 4.74 Å². The number of rotatable bonds is 11. The topological polar surface area (TPSA) is 29.5 Å². The molecule has 0 aromatic carbocycles. The van der Waals surface area contributed by atoms with Gasteiger partial charge < -0.3 is 4.74 Å². The molecule has 0 bridgehead atoms. The van der Waals surface area contributed by atoms with Crippen LogP contribution in [0.1, 0.15) is 74.7 Å². The fourth-order valence-electron chi connectivity index (χ4n) is 2.81. The van der Waals surface area contributed by atoms with Gasteiger partial charge in [-0.15, -0.1) is 0 Å². The summed E-state index contributed by atoms with van der Waals surface area (Å²) in [4.78, 5) is 15.0. The molecule has 0 rings (SSSR count). The number of esters is 1. The van der Waals surface area contributed by atoms with E-state index >= 15 is 0 Å². The molecule has 1 atom stereocenters. The van der Waals surface area contributed by atoms with Crippen LogP contribution in [0.5, 0.6) is 0 Å². The van der Waals surface area contributed by atoms with E-state index in [9.17, 15) is 4.79 Å². The number of nitrogens with zero attached hydrogens (tertiary/aromatic N) is 1. The summed E-state index contributed by atoms with van der Waals surface area (Å²) in [6, 6.07) is 0.498. The van der Waals surface area contributed by atoms with Crippen LogP contribution in [0, 0.1) is 17.3 Å². The Hall–Kier alpha value is -0.570. The number of hydrogen-bond donors (Lipinski definition) is 0. The first-order valence-corrected chi connectivity index (χ1v) is 9.06. The average Bonchev–Trinajstić information content (AvgIpc) is 2.40. The van der Waals surface area contributed by atoms with Crippen LogP contribution < -0.4 is 0 Å². The summed E-state index contributed by atoms with van der Waals surface area (Å²) in [7, 11) is 0. The summed E-state index contributed by atoms with van der Waals surface area (Å²) in [5.74, 6) is 0.760. The molecular weight excluding hydrogens is 274 g/mol. The highest BCUT2D eigenvalue weighted by atomic mass is 16.5. The molecule has 3 nitrogen and oxygen atoms in total. The molecule has 0 heterocycles. The SMILES string of the molecule is CCCCN(CCOC(=O)C(C)(CC(C)C)C(C)C)C(C)C. The Kier molecular flexibility index (Phi) is 9.99. The van der Waals surface area contributed by atoms with Gasteiger partial charge in [0.25, 0.3) is 0 Å². The van der Waals surface area contributed by atoms with E-state index in [2.05, 4.69) is 60.3 Å². The molecule has 0 aromatic heterocycles. The minimum Gasteiger partial charge on any atom is -0.464 e. The Morgan fingerprint density at radius 1 is 1.09 bits per heavy atom. The monoisotopic (exact) mass is 313 g/mol. The first-order valence-electron chi connectivity index (χ1n) is 9.06. The van der Waals surface area contributed by atoms with Gasteiger partial charge in [-0.3, -0.25) is 9.69 Å². The van der Waals surface area contributed by atoms with Crippen molar-refractivity contribution in [2.24, 2.45) is 17.3 Å². The summed E-state index contributed by atoms with van der Waals surface area (Å²) in [5.41, 5.74) is -0.375. The zero-order valence-corrected chi connectivity index (χ0v) is 16.2. The zero-order valence-electron chi connectivity index (χ0n) is 16.2. The summed E-state index contributed by atoms with van der Waals surface area (Å²) in [5, 5.41) is 0. The van der Waals surface area contributed by atoms with Crippen molar-refractivity contribution in [2.75, 3.05) is 19.7 Å². The van der Waals surface area contributed by atoms with Crippen molar-refractivity contribution in [3.8, 4) is 0 Å². The van der Waals surface area contributed by atoms with Crippen molar-refractivity contribution in [1.29, 1.82) is 0 Å². The van der Waals surface area contributed by atoms with Gasteiger partial charge in [0.15, 0.2) is 0 Å². The number of carbonyl (C=O) groups excluding carboxylic acids is 1. The standard InChI is InChI=1S/C19H39NO2/c1-9-10-11-20(17(6)7)12-13-22-18(21)19(8,16(4)5)14-15(2)3/h15-17H,9-14H2,1-8H3. The van der Waals surface area contributed by atoms with Gasteiger partial charge in [-0.2, -0.15) is 0 Å². The minimum absolute atomic E-state index is 0.0320. The lowest BCUT2D eigenvalue weighted by Gasteiger charge is -2.33. The van der Waals surface area contributed by atoms with Crippen molar-refractivity contribution in [1.82, 2.24) is 4.90 Å². The summed E-state index contributed by atoms with van der Waals surface area (Å²) < 4.78 is 5.65. The molecular formula is C19H39NO2. The zero-order chi connectivity index (χ0) is 17.3. The molecule has 3 heteroatoms. The predicted molar refractivity (Wildman–Crippen MR) is 95.0 cm³/mol. The molecule has 0 N–H and O–H groups in total. The van der Waals surface area contributed by atoms with Crippen LogP contribution in [0.4, 0.5) is 0 Å². The fourth-order valence-corrected chi connectivity index (χ4v) is 2.81. The van der Waals surface area contributed by atoms with Gasteiger partial charge in [-0.1, -0.05) is 41.0 Å². The second kappa shape index (κ2) is 10.3. The number of ether oxygens (including phenoxy) is 1. The molecule has 0 radical (unpaired) electrons. The van der Waals surface area contributed by atoms with Crippen LogP contribution in [-0.2, 0) is 9.53 Å². The highest BCUT2D eigenvalue weighted by Crippen LogP contribution is 2.35. The van der Waals surface area contributed by atoms with Gasteiger partial charge in [0.05, 0.1) is 5.41 Å². The van der Waals surface area contributed by atoms with Crippen LogP contribution in [0.25, 0.3) is 0 Å². The fraction of sp³-hybridized carbons (Fsp3) is 0.947. The molecule has 0 saturated carbocycles. The second-order valence-electron chi connectivity index (χ2n) is 7.79. The van der Waals surface area contributed by atoms with Crippen molar-refractivity contribution in [3.63, 3.8) is 0 Å². The van der Waals surface area contributed by atoms with Crippen LogP contribution in [0.2, 0.25) is 0 Å². The molecule has 22 heavy (non-hydrogen) atoms. The maximum absolute atomic E-state index is 12.6. The minimum atomic E-state index is -0.375. The van der Waals surface area contributed by atoms with Gasteiger partial charge in [-0.05, 0) is 52.0 Å². The Balaban J connectivity index is 4.50.